The zero-order valence-corrected chi connectivity index (χ0v) is 11.5. The van der Waals surface area contributed by atoms with E-state index < -0.39 is 0 Å². The zero-order chi connectivity index (χ0) is 11.0. The van der Waals surface area contributed by atoms with E-state index in [-0.39, 0.29) is 0 Å². The van der Waals surface area contributed by atoms with Gasteiger partial charge in [-0.25, -0.2) is 0 Å². The van der Waals surface area contributed by atoms with Gasteiger partial charge in [0.2, 0.25) is 0 Å². The van der Waals surface area contributed by atoms with Gasteiger partial charge >= 0.3 is 0 Å². The van der Waals surface area contributed by atoms with E-state index in [9.17, 15) is 0 Å². The Kier molecular flexibility index (Phi) is 8.86. The molecule has 0 aliphatic carbocycles. The van der Waals surface area contributed by atoms with Crippen LogP contribution in [0, 0.1) is 17.8 Å². The molecule has 0 bridgehead atoms. The predicted molar refractivity (Wildman–Crippen MR) is 70.0 cm³/mol. The minimum Gasteiger partial charge on any atom is -0.165 e. The Hall–Kier alpha value is 0.350. The summed E-state index contributed by atoms with van der Waals surface area (Å²) in [7, 11) is 0. The van der Waals surface area contributed by atoms with E-state index in [1.54, 1.807) is 0 Å². The van der Waals surface area contributed by atoms with E-state index in [0.29, 0.717) is 0 Å². The highest BCUT2D eigenvalue weighted by atomic mass is 32.2. The van der Waals surface area contributed by atoms with Gasteiger partial charge in [0.25, 0.3) is 0 Å². The van der Waals surface area contributed by atoms with Crippen LogP contribution < -0.4 is 0 Å². The van der Waals surface area contributed by atoms with Crippen molar-refractivity contribution in [2.24, 2.45) is 17.8 Å². The molecule has 0 N–H and O–H groups in total. The fourth-order valence-electron chi connectivity index (χ4n) is 2.36. The predicted octanol–water partition coefficient (Wildman–Crippen LogP) is 4.84. The Morgan fingerprint density at radius 1 is 1.07 bits per heavy atom. The van der Waals surface area contributed by atoms with Gasteiger partial charge < -0.3 is 0 Å². The first-order chi connectivity index (χ1) is 6.65. The van der Waals surface area contributed by atoms with Crippen molar-refractivity contribution >= 4 is 11.8 Å². The van der Waals surface area contributed by atoms with Crippen LogP contribution in [0.2, 0.25) is 0 Å². The van der Waals surface area contributed by atoms with Gasteiger partial charge in [-0.05, 0) is 36.2 Å². The zero-order valence-electron chi connectivity index (χ0n) is 10.7. The van der Waals surface area contributed by atoms with E-state index in [2.05, 4.69) is 34.0 Å². The van der Waals surface area contributed by atoms with Crippen LogP contribution in [0.5, 0.6) is 0 Å². The van der Waals surface area contributed by atoms with Crippen molar-refractivity contribution in [1.29, 1.82) is 0 Å². The Labute approximate surface area is 95.2 Å². The van der Waals surface area contributed by atoms with E-state index in [1.807, 2.05) is 11.8 Å². The normalized spacial score (nSPS) is 15.9. The van der Waals surface area contributed by atoms with Gasteiger partial charge in [-0.1, -0.05) is 47.0 Å². The highest BCUT2D eigenvalue weighted by molar-refractivity contribution is 7.98. The molecule has 0 saturated carbocycles. The number of rotatable bonds is 8. The van der Waals surface area contributed by atoms with Gasteiger partial charge in [0, 0.05) is 0 Å². The quantitative estimate of drug-likeness (QED) is 0.559. The average Bonchev–Trinajstić information content (AvgIpc) is 2.13. The maximum atomic E-state index is 2.36. The molecule has 1 unspecified atom stereocenters. The number of thioether (sulfide) groups is 1. The van der Waals surface area contributed by atoms with Crippen LogP contribution in [0.25, 0.3) is 0 Å². The molecule has 0 amide bonds. The first-order valence-corrected chi connectivity index (χ1v) is 7.53. The van der Waals surface area contributed by atoms with Gasteiger partial charge in [-0.2, -0.15) is 11.8 Å². The van der Waals surface area contributed by atoms with Crippen molar-refractivity contribution in [2.45, 2.75) is 53.4 Å². The average molecular weight is 216 g/mol. The third-order valence-corrected chi connectivity index (χ3v) is 3.77. The van der Waals surface area contributed by atoms with Crippen LogP contribution in [-0.2, 0) is 0 Å². The summed E-state index contributed by atoms with van der Waals surface area (Å²) in [5.41, 5.74) is 0. The summed E-state index contributed by atoms with van der Waals surface area (Å²) in [5.74, 6) is 4.14. The van der Waals surface area contributed by atoms with Crippen molar-refractivity contribution in [3.05, 3.63) is 0 Å². The smallest absolute Gasteiger partial charge is 0.00392 e. The van der Waals surface area contributed by atoms with Crippen LogP contribution in [0.1, 0.15) is 53.4 Å². The Morgan fingerprint density at radius 2 is 1.71 bits per heavy atom. The first-order valence-electron chi connectivity index (χ1n) is 6.14. The molecule has 0 saturated heterocycles. The van der Waals surface area contributed by atoms with E-state index in [0.717, 1.165) is 17.8 Å². The minimum absolute atomic E-state index is 0.859. The Bertz CT molecular complexity index is 120. The van der Waals surface area contributed by atoms with Crippen LogP contribution in [0.15, 0.2) is 0 Å². The SMILES string of the molecule is CCCC(CC)[C@@H](CSC)CC(C)C. The molecule has 0 aromatic rings. The topological polar surface area (TPSA) is 0 Å². The van der Waals surface area contributed by atoms with E-state index in [1.165, 1.54) is 31.4 Å². The van der Waals surface area contributed by atoms with Crippen LogP contribution in [-0.4, -0.2) is 12.0 Å². The number of hydrogen-bond donors (Lipinski definition) is 0. The molecule has 0 fully saturated rings. The Morgan fingerprint density at radius 3 is 2.07 bits per heavy atom. The first kappa shape index (κ1) is 14.3. The lowest BCUT2D eigenvalue weighted by Gasteiger charge is -2.27. The van der Waals surface area contributed by atoms with Crippen molar-refractivity contribution < 1.29 is 0 Å². The van der Waals surface area contributed by atoms with Gasteiger partial charge in [0.1, 0.15) is 0 Å². The second kappa shape index (κ2) is 8.64. The molecule has 0 rings (SSSR count). The monoisotopic (exact) mass is 216 g/mol. The summed E-state index contributed by atoms with van der Waals surface area (Å²) >= 11 is 2.02. The summed E-state index contributed by atoms with van der Waals surface area (Å²) in [4.78, 5) is 0. The molecular weight excluding hydrogens is 188 g/mol. The lowest BCUT2D eigenvalue weighted by Crippen LogP contribution is -2.18. The van der Waals surface area contributed by atoms with E-state index in [4.69, 9.17) is 0 Å². The van der Waals surface area contributed by atoms with Gasteiger partial charge in [-0.15, -0.1) is 0 Å². The molecule has 0 aliphatic heterocycles. The van der Waals surface area contributed by atoms with Gasteiger partial charge in [0.05, 0.1) is 0 Å². The van der Waals surface area contributed by atoms with Crippen LogP contribution >= 0.6 is 11.8 Å². The second-order valence-corrected chi connectivity index (χ2v) is 5.71. The molecule has 86 valence electrons. The molecule has 1 heteroatoms. The summed E-state index contributed by atoms with van der Waals surface area (Å²) in [6.45, 7) is 9.38. The summed E-state index contributed by atoms with van der Waals surface area (Å²) in [5, 5.41) is 0. The van der Waals surface area contributed by atoms with Gasteiger partial charge in [-0.3, -0.25) is 0 Å². The third kappa shape index (κ3) is 5.95. The van der Waals surface area contributed by atoms with Crippen molar-refractivity contribution in [3.8, 4) is 0 Å². The highest BCUT2D eigenvalue weighted by Gasteiger charge is 2.19. The molecule has 0 aromatic carbocycles. The molecule has 0 spiro atoms. The summed E-state index contributed by atoms with van der Waals surface area (Å²) in [6.07, 6.45) is 7.80. The maximum absolute atomic E-state index is 2.36. The number of hydrogen-bond acceptors (Lipinski definition) is 1. The fraction of sp³-hybridized carbons (Fsp3) is 1.00. The molecule has 0 aliphatic rings. The lowest BCUT2D eigenvalue weighted by molar-refractivity contribution is 0.283. The van der Waals surface area contributed by atoms with Gasteiger partial charge in [0.15, 0.2) is 0 Å². The lowest BCUT2D eigenvalue weighted by atomic mass is 9.82. The molecule has 0 aromatic heterocycles. The molecule has 14 heavy (non-hydrogen) atoms. The van der Waals surface area contributed by atoms with Crippen molar-refractivity contribution in [3.63, 3.8) is 0 Å². The fourth-order valence-corrected chi connectivity index (χ4v) is 3.20. The van der Waals surface area contributed by atoms with Crippen molar-refractivity contribution in [1.82, 2.24) is 0 Å². The molecule has 0 heterocycles. The highest BCUT2D eigenvalue weighted by Crippen LogP contribution is 2.29. The molecule has 2 atom stereocenters. The molecule has 0 radical (unpaired) electrons. The van der Waals surface area contributed by atoms with Crippen molar-refractivity contribution in [2.75, 3.05) is 12.0 Å². The summed E-state index contributed by atoms with van der Waals surface area (Å²) in [6, 6.07) is 0. The van der Waals surface area contributed by atoms with Crippen LogP contribution in [0.4, 0.5) is 0 Å². The minimum atomic E-state index is 0.859. The summed E-state index contributed by atoms with van der Waals surface area (Å²) < 4.78 is 0. The second-order valence-electron chi connectivity index (χ2n) is 4.80. The standard InChI is InChI=1S/C13H28S/c1-6-8-12(7-2)13(10-14-5)9-11(3)4/h11-13H,6-10H2,1-5H3/t12?,13-/m1/s1. The largest absolute Gasteiger partial charge is 0.165 e. The van der Waals surface area contributed by atoms with Crippen LogP contribution in [0.3, 0.4) is 0 Å². The molecule has 0 nitrogen and oxygen atoms in total. The molecular formula is C13H28S. The third-order valence-electron chi connectivity index (χ3n) is 3.01. The Balaban J connectivity index is 4.11. The van der Waals surface area contributed by atoms with E-state index >= 15 is 0 Å². The maximum Gasteiger partial charge on any atom is -0.00392 e.